The van der Waals surface area contributed by atoms with Crippen molar-refractivity contribution in [2.24, 2.45) is 11.7 Å². The number of ether oxygens (including phenoxy) is 1. The Hall–Kier alpha value is -1.02. The lowest BCUT2D eigenvalue weighted by molar-refractivity contribution is 0.314. The Bertz CT molecular complexity index is 412. The summed E-state index contributed by atoms with van der Waals surface area (Å²) in [5.41, 5.74) is 11.1. The van der Waals surface area contributed by atoms with Gasteiger partial charge in [-0.3, -0.25) is 0 Å². The van der Waals surface area contributed by atoms with E-state index in [0.717, 1.165) is 38.2 Å². The molecular formula is C17H29NO. The SMILES string of the molecule is CCCOc1cc(C)c(CC(C)CCN)c(C)c1C. The van der Waals surface area contributed by atoms with Gasteiger partial charge >= 0.3 is 0 Å². The van der Waals surface area contributed by atoms with Gasteiger partial charge in [0.2, 0.25) is 0 Å². The molecule has 1 aromatic carbocycles. The van der Waals surface area contributed by atoms with Gasteiger partial charge < -0.3 is 10.5 Å². The van der Waals surface area contributed by atoms with Crippen molar-refractivity contribution in [2.45, 2.75) is 53.9 Å². The molecule has 0 aliphatic rings. The molecule has 0 radical (unpaired) electrons. The van der Waals surface area contributed by atoms with Crippen LogP contribution in [-0.2, 0) is 6.42 Å². The van der Waals surface area contributed by atoms with Crippen molar-refractivity contribution in [3.63, 3.8) is 0 Å². The van der Waals surface area contributed by atoms with Crippen molar-refractivity contribution >= 4 is 0 Å². The van der Waals surface area contributed by atoms with Crippen molar-refractivity contribution in [1.29, 1.82) is 0 Å². The Morgan fingerprint density at radius 3 is 2.47 bits per heavy atom. The van der Waals surface area contributed by atoms with Gasteiger partial charge in [0.05, 0.1) is 6.61 Å². The highest BCUT2D eigenvalue weighted by Gasteiger charge is 2.13. The summed E-state index contributed by atoms with van der Waals surface area (Å²) in [5.74, 6) is 1.69. The monoisotopic (exact) mass is 263 g/mol. The maximum absolute atomic E-state index is 5.84. The van der Waals surface area contributed by atoms with Crippen LogP contribution in [0.1, 0.15) is 48.9 Å². The molecule has 0 aromatic heterocycles. The molecule has 0 saturated carbocycles. The van der Waals surface area contributed by atoms with Crippen LogP contribution in [0.5, 0.6) is 5.75 Å². The van der Waals surface area contributed by atoms with Crippen LogP contribution in [0.3, 0.4) is 0 Å². The van der Waals surface area contributed by atoms with E-state index in [-0.39, 0.29) is 0 Å². The largest absolute Gasteiger partial charge is 0.493 e. The quantitative estimate of drug-likeness (QED) is 0.809. The molecule has 0 aliphatic carbocycles. The zero-order chi connectivity index (χ0) is 14.4. The lowest BCUT2D eigenvalue weighted by Gasteiger charge is -2.19. The second-order valence-electron chi connectivity index (χ2n) is 5.66. The molecule has 1 aromatic rings. The van der Waals surface area contributed by atoms with Crippen LogP contribution in [0, 0.1) is 26.7 Å². The molecule has 0 spiro atoms. The summed E-state index contributed by atoms with van der Waals surface area (Å²) < 4.78 is 5.84. The summed E-state index contributed by atoms with van der Waals surface area (Å²) in [6.07, 6.45) is 3.25. The lowest BCUT2D eigenvalue weighted by Crippen LogP contribution is -2.10. The van der Waals surface area contributed by atoms with Crippen LogP contribution in [0.25, 0.3) is 0 Å². The van der Waals surface area contributed by atoms with E-state index >= 15 is 0 Å². The molecule has 2 N–H and O–H groups in total. The second-order valence-corrected chi connectivity index (χ2v) is 5.66. The molecule has 0 fully saturated rings. The van der Waals surface area contributed by atoms with Crippen molar-refractivity contribution < 1.29 is 4.74 Å². The first-order valence-electron chi connectivity index (χ1n) is 7.43. The Kier molecular flexibility index (Phi) is 6.36. The molecule has 0 bridgehead atoms. The molecule has 1 atom stereocenters. The molecule has 1 rings (SSSR count). The van der Waals surface area contributed by atoms with Crippen molar-refractivity contribution in [2.75, 3.05) is 13.2 Å². The third-order valence-electron chi connectivity index (χ3n) is 3.88. The maximum atomic E-state index is 5.84. The molecule has 0 saturated heterocycles. The fourth-order valence-corrected chi connectivity index (χ4v) is 2.51. The summed E-state index contributed by atoms with van der Waals surface area (Å²) in [6, 6.07) is 2.20. The van der Waals surface area contributed by atoms with Gasteiger partial charge in [-0.1, -0.05) is 13.8 Å². The molecule has 0 aliphatic heterocycles. The first-order chi connectivity index (χ1) is 9.01. The van der Waals surface area contributed by atoms with E-state index in [0.29, 0.717) is 5.92 Å². The number of rotatable bonds is 7. The van der Waals surface area contributed by atoms with Crippen LogP contribution in [0.2, 0.25) is 0 Å². The number of hydrogen-bond acceptors (Lipinski definition) is 2. The topological polar surface area (TPSA) is 35.2 Å². The van der Waals surface area contributed by atoms with Gasteiger partial charge in [0.15, 0.2) is 0 Å². The molecule has 19 heavy (non-hydrogen) atoms. The molecule has 1 unspecified atom stereocenters. The van der Waals surface area contributed by atoms with Gasteiger partial charge in [0, 0.05) is 0 Å². The summed E-state index contributed by atoms with van der Waals surface area (Å²) in [7, 11) is 0. The maximum Gasteiger partial charge on any atom is 0.122 e. The third-order valence-corrected chi connectivity index (χ3v) is 3.88. The van der Waals surface area contributed by atoms with E-state index in [9.17, 15) is 0 Å². The number of nitrogens with two attached hydrogens (primary N) is 1. The molecule has 0 amide bonds. The van der Waals surface area contributed by atoms with Crippen molar-refractivity contribution in [3.8, 4) is 5.75 Å². The average Bonchev–Trinajstić information content (AvgIpc) is 2.37. The van der Waals surface area contributed by atoms with Crippen molar-refractivity contribution in [1.82, 2.24) is 0 Å². The van der Waals surface area contributed by atoms with Gasteiger partial charge in [0.25, 0.3) is 0 Å². The highest BCUT2D eigenvalue weighted by atomic mass is 16.5. The van der Waals surface area contributed by atoms with Crippen LogP contribution < -0.4 is 10.5 Å². The number of aryl methyl sites for hydroxylation is 1. The molecule has 0 heterocycles. The van der Waals surface area contributed by atoms with E-state index < -0.39 is 0 Å². The number of benzene rings is 1. The first-order valence-corrected chi connectivity index (χ1v) is 7.43. The molecule has 2 heteroatoms. The summed E-state index contributed by atoms with van der Waals surface area (Å²) in [6.45, 7) is 12.6. The van der Waals surface area contributed by atoms with Gasteiger partial charge in [-0.25, -0.2) is 0 Å². The summed E-state index contributed by atoms with van der Waals surface area (Å²) in [4.78, 5) is 0. The van der Waals surface area contributed by atoms with Crippen LogP contribution in [0.15, 0.2) is 6.07 Å². The Balaban J connectivity index is 2.97. The molecular weight excluding hydrogens is 234 g/mol. The van der Waals surface area contributed by atoms with Crippen LogP contribution in [0.4, 0.5) is 0 Å². The fraction of sp³-hybridized carbons (Fsp3) is 0.647. The predicted molar refractivity (Wildman–Crippen MR) is 83.0 cm³/mol. The normalized spacial score (nSPS) is 12.5. The zero-order valence-corrected chi connectivity index (χ0v) is 13.2. The number of hydrogen-bond donors (Lipinski definition) is 1. The fourth-order valence-electron chi connectivity index (χ4n) is 2.51. The second kappa shape index (κ2) is 7.54. The van der Waals surface area contributed by atoms with Gasteiger partial charge in [-0.2, -0.15) is 0 Å². The Labute approximate surface area is 118 Å². The smallest absolute Gasteiger partial charge is 0.122 e. The average molecular weight is 263 g/mol. The highest BCUT2D eigenvalue weighted by Crippen LogP contribution is 2.29. The minimum absolute atomic E-state index is 0.643. The lowest BCUT2D eigenvalue weighted by atomic mass is 9.89. The summed E-state index contributed by atoms with van der Waals surface area (Å²) >= 11 is 0. The van der Waals surface area contributed by atoms with Crippen LogP contribution in [-0.4, -0.2) is 13.2 Å². The van der Waals surface area contributed by atoms with E-state index in [1.165, 1.54) is 22.3 Å². The summed E-state index contributed by atoms with van der Waals surface area (Å²) in [5, 5.41) is 0. The van der Waals surface area contributed by atoms with E-state index in [1.807, 2.05) is 0 Å². The Morgan fingerprint density at radius 2 is 1.89 bits per heavy atom. The standard InChI is InChI=1S/C17H29NO/c1-6-9-19-17-11-13(3)16(14(4)15(17)5)10-12(2)7-8-18/h11-12H,6-10,18H2,1-5H3. The van der Waals surface area contributed by atoms with Gasteiger partial charge in [0.1, 0.15) is 5.75 Å². The van der Waals surface area contributed by atoms with Crippen LogP contribution >= 0.6 is 0 Å². The van der Waals surface area contributed by atoms with Gasteiger partial charge in [-0.15, -0.1) is 0 Å². The van der Waals surface area contributed by atoms with E-state index in [4.69, 9.17) is 10.5 Å². The zero-order valence-electron chi connectivity index (χ0n) is 13.2. The third kappa shape index (κ3) is 4.24. The van der Waals surface area contributed by atoms with E-state index in [1.54, 1.807) is 0 Å². The predicted octanol–water partition coefficient (Wildman–Crippen LogP) is 3.93. The van der Waals surface area contributed by atoms with Gasteiger partial charge in [-0.05, 0) is 80.8 Å². The molecule has 2 nitrogen and oxygen atoms in total. The first kappa shape index (κ1) is 16.0. The van der Waals surface area contributed by atoms with Crippen molar-refractivity contribution in [3.05, 3.63) is 28.3 Å². The Morgan fingerprint density at radius 1 is 1.21 bits per heavy atom. The molecule has 108 valence electrons. The minimum Gasteiger partial charge on any atom is -0.493 e. The minimum atomic E-state index is 0.643. The van der Waals surface area contributed by atoms with E-state index in [2.05, 4.69) is 40.7 Å². The highest BCUT2D eigenvalue weighted by molar-refractivity contribution is 5.48.